The molecule has 0 aliphatic carbocycles. The largest absolute Gasteiger partial charge is 0.444 e. The van der Waals surface area contributed by atoms with Gasteiger partial charge in [0.05, 0.1) is 12.3 Å². The fourth-order valence-electron chi connectivity index (χ4n) is 4.59. The molecule has 0 saturated carbocycles. The summed E-state index contributed by atoms with van der Waals surface area (Å²) in [5.74, 6) is 0. The highest BCUT2D eigenvalue weighted by molar-refractivity contribution is 7.71. The van der Waals surface area contributed by atoms with Gasteiger partial charge in [0.2, 0.25) is 0 Å². The zero-order valence-electron chi connectivity index (χ0n) is 21.0. The summed E-state index contributed by atoms with van der Waals surface area (Å²) in [4.78, 5) is 23.2. The second-order valence-electron chi connectivity index (χ2n) is 10.1. The highest BCUT2D eigenvalue weighted by atomic mass is 32.1. The molecule has 2 aromatic heterocycles. The molecule has 0 bridgehead atoms. The lowest BCUT2D eigenvalue weighted by Crippen LogP contribution is -2.49. The van der Waals surface area contributed by atoms with Gasteiger partial charge >= 0.3 is 6.09 Å². The Bertz CT molecular complexity index is 1360. The second-order valence-corrected chi connectivity index (χ2v) is 10.4. The van der Waals surface area contributed by atoms with E-state index in [1.165, 1.54) is 0 Å². The third kappa shape index (κ3) is 5.33. The lowest BCUT2D eigenvalue weighted by atomic mass is 10.0. The van der Waals surface area contributed by atoms with Crippen LogP contribution in [0.25, 0.3) is 16.0 Å². The Morgan fingerprint density at radius 2 is 2.09 bits per heavy atom. The van der Waals surface area contributed by atoms with Crippen molar-refractivity contribution in [1.82, 2.24) is 19.4 Å². The molecule has 0 unspecified atom stereocenters. The van der Waals surface area contributed by atoms with E-state index in [1.54, 1.807) is 0 Å². The quantitative estimate of drug-likeness (QED) is 0.384. The summed E-state index contributed by atoms with van der Waals surface area (Å²) in [5.41, 5.74) is 4.69. The highest BCUT2D eigenvalue weighted by Crippen LogP contribution is 2.32. The number of para-hydroxylation sites is 1. The molecule has 0 spiro atoms. The van der Waals surface area contributed by atoms with Gasteiger partial charge in [-0.3, -0.25) is 0 Å². The molecule has 1 amide bonds. The number of aromatic nitrogens is 3. The van der Waals surface area contributed by atoms with E-state index in [0.717, 1.165) is 47.5 Å². The van der Waals surface area contributed by atoms with Gasteiger partial charge in [-0.05, 0) is 64.4 Å². The maximum absolute atomic E-state index is 12.4. The topological polar surface area (TPSA) is 68.7 Å². The summed E-state index contributed by atoms with van der Waals surface area (Å²) in [5, 5.41) is 3.04. The molecule has 1 saturated heterocycles. The van der Waals surface area contributed by atoms with Gasteiger partial charge in [-0.2, -0.15) is 0 Å². The first-order valence-corrected chi connectivity index (χ1v) is 12.2. The van der Waals surface area contributed by atoms with E-state index >= 15 is 0 Å². The standard InChI is InChI=1S/C26H32N6O2S/c1-17-14-21(31-13-9-11-19(16-31)29-24(33)34-26(2,3)4)22-23(28-17)30(6)25(35)32(22)15-18-10-7-8-12-20(18)27-5/h7-8,10,12,14,19H,9,11,13,15-16H2,1-4,6H3,(H,29,33)/t19-/m1/s1. The number of aryl methyl sites for hydroxylation is 2. The van der Waals surface area contributed by atoms with Gasteiger partial charge in [-0.25, -0.2) is 14.6 Å². The van der Waals surface area contributed by atoms with Crippen LogP contribution in [0.4, 0.5) is 16.2 Å². The number of fused-ring (bicyclic) bond motifs is 1. The van der Waals surface area contributed by atoms with Crippen LogP contribution in [0.15, 0.2) is 30.3 Å². The van der Waals surface area contributed by atoms with Gasteiger partial charge in [-0.15, -0.1) is 0 Å². The van der Waals surface area contributed by atoms with E-state index in [4.69, 9.17) is 28.5 Å². The first kappa shape index (κ1) is 24.7. The number of hydrogen-bond acceptors (Lipinski definition) is 5. The van der Waals surface area contributed by atoms with Crippen LogP contribution in [0.2, 0.25) is 0 Å². The van der Waals surface area contributed by atoms with Gasteiger partial charge in [0.15, 0.2) is 16.1 Å². The Hall–Kier alpha value is -3.38. The average molecular weight is 493 g/mol. The molecule has 3 heterocycles. The zero-order chi connectivity index (χ0) is 25.3. The Morgan fingerprint density at radius 1 is 1.34 bits per heavy atom. The minimum atomic E-state index is -0.538. The number of piperidine rings is 1. The summed E-state index contributed by atoms with van der Waals surface area (Å²) in [6.45, 7) is 17.1. The smallest absolute Gasteiger partial charge is 0.407 e. The number of hydrogen-bond donors (Lipinski definition) is 1. The van der Waals surface area contributed by atoms with Crippen LogP contribution < -0.4 is 10.2 Å². The molecule has 184 valence electrons. The molecule has 3 aromatic rings. The molecule has 1 fully saturated rings. The Morgan fingerprint density at radius 3 is 2.80 bits per heavy atom. The molecular weight excluding hydrogens is 460 g/mol. The molecular formula is C26H32N6O2S. The minimum absolute atomic E-state index is 0.0231. The number of carbonyl (C=O) groups is 1. The third-order valence-corrected chi connectivity index (χ3v) is 6.61. The number of imidazole rings is 1. The number of carbonyl (C=O) groups excluding carboxylic acids is 1. The van der Waals surface area contributed by atoms with Gasteiger partial charge < -0.3 is 24.1 Å². The van der Waals surface area contributed by atoms with Crippen molar-refractivity contribution in [3.63, 3.8) is 0 Å². The number of nitrogens with zero attached hydrogens (tertiary/aromatic N) is 5. The first-order chi connectivity index (χ1) is 16.6. The molecule has 4 rings (SSSR count). The van der Waals surface area contributed by atoms with E-state index < -0.39 is 11.7 Å². The summed E-state index contributed by atoms with van der Waals surface area (Å²) in [7, 11) is 1.93. The zero-order valence-corrected chi connectivity index (χ0v) is 21.8. The SMILES string of the molecule is [C-]#[N+]c1ccccc1Cn1c(=S)n(C)c2nc(C)cc(N3CCC[C@@H](NC(=O)OC(C)(C)C)C3)c21. The summed E-state index contributed by atoms with van der Waals surface area (Å²) < 4.78 is 10.1. The number of pyridine rings is 1. The highest BCUT2D eigenvalue weighted by Gasteiger charge is 2.27. The van der Waals surface area contributed by atoms with E-state index in [1.807, 2.05) is 63.6 Å². The van der Waals surface area contributed by atoms with E-state index in [2.05, 4.69) is 25.7 Å². The Labute approximate surface area is 211 Å². The predicted octanol–water partition coefficient (Wildman–Crippen LogP) is 5.51. The van der Waals surface area contributed by atoms with Crippen LogP contribution >= 0.6 is 12.2 Å². The van der Waals surface area contributed by atoms with E-state index in [-0.39, 0.29) is 6.04 Å². The number of rotatable bonds is 4. The van der Waals surface area contributed by atoms with Crippen molar-refractivity contribution in [1.29, 1.82) is 0 Å². The lowest BCUT2D eigenvalue weighted by Gasteiger charge is -2.35. The van der Waals surface area contributed by atoms with Crippen LogP contribution in [0.1, 0.15) is 44.9 Å². The maximum atomic E-state index is 12.4. The third-order valence-electron chi connectivity index (χ3n) is 6.11. The van der Waals surface area contributed by atoms with E-state index in [9.17, 15) is 4.79 Å². The second kappa shape index (κ2) is 9.70. The summed E-state index contributed by atoms with van der Waals surface area (Å²) in [6.07, 6.45) is 1.44. The fourth-order valence-corrected chi connectivity index (χ4v) is 4.84. The fraction of sp³-hybridized carbons (Fsp3) is 0.462. The van der Waals surface area contributed by atoms with Crippen molar-refractivity contribution >= 4 is 40.8 Å². The Balaban J connectivity index is 1.72. The summed E-state index contributed by atoms with van der Waals surface area (Å²) >= 11 is 5.82. The molecule has 0 radical (unpaired) electrons. The van der Waals surface area contributed by atoms with Gasteiger partial charge in [0.25, 0.3) is 0 Å². The molecule has 1 atom stereocenters. The van der Waals surface area contributed by atoms with Gasteiger partial charge in [0.1, 0.15) is 11.1 Å². The molecule has 1 N–H and O–H groups in total. The molecule has 35 heavy (non-hydrogen) atoms. The van der Waals surface area contributed by atoms with Crippen molar-refractivity contribution in [3.8, 4) is 0 Å². The number of ether oxygens (including phenoxy) is 1. The predicted molar refractivity (Wildman–Crippen MR) is 141 cm³/mol. The molecule has 1 aliphatic heterocycles. The number of nitrogens with one attached hydrogen (secondary N) is 1. The molecule has 1 aromatic carbocycles. The van der Waals surface area contributed by atoms with Crippen LogP contribution in [0.3, 0.4) is 0 Å². The molecule has 1 aliphatic rings. The summed E-state index contributed by atoms with van der Waals surface area (Å²) in [6, 6.07) is 9.69. The Kier molecular flexibility index (Phi) is 6.86. The van der Waals surface area contributed by atoms with Gasteiger partial charge in [0, 0.05) is 38.4 Å². The van der Waals surface area contributed by atoms with Gasteiger partial charge in [-0.1, -0.05) is 24.3 Å². The van der Waals surface area contributed by atoms with Crippen molar-refractivity contribution in [2.75, 3.05) is 18.0 Å². The number of benzene rings is 1. The van der Waals surface area contributed by atoms with Crippen molar-refractivity contribution < 1.29 is 9.53 Å². The minimum Gasteiger partial charge on any atom is -0.444 e. The number of anilines is 1. The normalized spacial score (nSPS) is 16.2. The molecule has 8 nitrogen and oxygen atoms in total. The van der Waals surface area contributed by atoms with Crippen molar-refractivity contribution in [2.45, 2.75) is 58.7 Å². The first-order valence-electron chi connectivity index (χ1n) is 11.8. The monoisotopic (exact) mass is 492 g/mol. The maximum Gasteiger partial charge on any atom is 0.407 e. The van der Waals surface area contributed by atoms with Crippen molar-refractivity contribution in [3.05, 3.63) is 57.8 Å². The van der Waals surface area contributed by atoms with Crippen LogP contribution in [-0.2, 0) is 18.3 Å². The number of alkyl carbamates (subject to hydrolysis) is 1. The lowest BCUT2D eigenvalue weighted by molar-refractivity contribution is 0.0500. The van der Waals surface area contributed by atoms with Crippen LogP contribution in [0.5, 0.6) is 0 Å². The van der Waals surface area contributed by atoms with Crippen LogP contribution in [0, 0.1) is 18.3 Å². The molecule has 9 heteroatoms. The van der Waals surface area contributed by atoms with Crippen LogP contribution in [-0.4, -0.2) is 44.9 Å². The van der Waals surface area contributed by atoms with Crippen molar-refractivity contribution in [2.24, 2.45) is 7.05 Å². The average Bonchev–Trinajstić information content (AvgIpc) is 3.02. The van der Waals surface area contributed by atoms with E-state index in [0.29, 0.717) is 23.5 Å². The number of amides is 1.